The lowest BCUT2D eigenvalue weighted by Gasteiger charge is -2.12. The Morgan fingerprint density at radius 3 is 2.76 bits per heavy atom. The molecule has 0 unspecified atom stereocenters. The molecule has 2 N–H and O–H groups in total. The molecule has 1 aromatic carbocycles. The minimum atomic E-state index is -0.0661. The van der Waals surface area contributed by atoms with Crippen molar-refractivity contribution in [3.63, 3.8) is 0 Å². The molecule has 1 aromatic rings. The lowest BCUT2D eigenvalue weighted by molar-refractivity contribution is 0.474. The van der Waals surface area contributed by atoms with Crippen molar-refractivity contribution in [3.05, 3.63) is 27.7 Å². The molecule has 17 heavy (non-hydrogen) atoms. The van der Waals surface area contributed by atoms with Crippen LogP contribution in [0.3, 0.4) is 0 Å². The molecule has 0 bridgehead atoms. The fourth-order valence-electron chi connectivity index (χ4n) is 1.05. The topological polar surface area (TPSA) is 47.9 Å². The standard InChI is InChI=1S/C10H11Cl2N3OS/c1-13-10(17)15(2)14-5-6-3-7(11)4-8(12)9(6)16/h3-5,16H,1-2H3,(H,13,17). The van der Waals surface area contributed by atoms with Crippen molar-refractivity contribution in [2.24, 2.45) is 5.10 Å². The van der Waals surface area contributed by atoms with E-state index in [1.807, 2.05) is 0 Å². The fourth-order valence-corrected chi connectivity index (χ4v) is 1.60. The van der Waals surface area contributed by atoms with Crippen LogP contribution in [0.1, 0.15) is 5.56 Å². The Balaban J connectivity index is 2.95. The molecular formula is C10H11Cl2N3OS. The SMILES string of the molecule is CNC(=S)N(C)N=Cc1cc(Cl)cc(Cl)c1O. The van der Waals surface area contributed by atoms with Crippen molar-refractivity contribution in [2.45, 2.75) is 0 Å². The minimum Gasteiger partial charge on any atom is -0.506 e. The van der Waals surface area contributed by atoms with Crippen molar-refractivity contribution in [1.82, 2.24) is 10.3 Å². The van der Waals surface area contributed by atoms with Gasteiger partial charge in [-0.3, -0.25) is 0 Å². The highest BCUT2D eigenvalue weighted by Gasteiger charge is 2.06. The van der Waals surface area contributed by atoms with Crippen LogP contribution < -0.4 is 5.32 Å². The van der Waals surface area contributed by atoms with Crippen LogP contribution in [0.25, 0.3) is 0 Å². The van der Waals surface area contributed by atoms with Gasteiger partial charge in [0.1, 0.15) is 5.75 Å². The molecule has 0 atom stereocenters. The van der Waals surface area contributed by atoms with Crippen molar-refractivity contribution in [3.8, 4) is 5.75 Å². The first kappa shape index (κ1) is 14.0. The van der Waals surface area contributed by atoms with E-state index in [-0.39, 0.29) is 10.8 Å². The van der Waals surface area contributed by atoms with Gasteiger partial charge in [0.25, 0.3) is 0 Å². The number of hydrazone groups is 1. The van der Waals surface area contributed by atoms with E-state index in [1.165, 1.54) is 17.3 Å². The van der Waals surface area contributed by atoms with Gasteiger partial charge >= 0.3 is 0 Å². The summed E-state index contributed by atoms with van der Waals surface area (Å²) in [5.41, 5.74) is 0.424. The average Bonchev–Trinajstić information content (AvgIpc) is 2.30. The van der Waals surface area contributed by atoms with E-state index >= 15 is 0 Å². The number of halogens is 2. The molecule has 0 aliphatic carbocycles. The maximum absolute atomic E-state index is 9.68. The summed E-state index contributed by atoms with van der Waals surface area (Å²) < 4.78 is 0. The Bertz CT molecular complexity index is 465. The number of phenolic OH excluding ortho intramolecular Hbond substituents is 1. The van der Waals surface area contributed by atoms with Crippen LogP contribution in [-0.2, 0) is 0 Å². The third kappa shape index (κ3) is 3.73. The van der Waals surface area contributed by atoms with Gasteiger partial charge in [0, 0.05) is 24.7 Å². The van der Waals surface area contributed by atoms with Crippen molar-refractivity contribution in [1.29, 1.82) is 0 Å². The third-order valence-electron chi connectivity index (χ3n) is 1.94. The Morgan fingerprint density at radius 2 is 2.18 bits per heavy atom. The molecule has 4 nitrogen and oxygen atoms in total. The molecule has 1 rings (SSSR count). The van der Waals surface area contributed by atoms with E-state index in [1.54, 1.807) is 20.2 Å². The second kappa shape index (κ2) is 6.05. The maximum Gasteiger partial charge on any atom is 0.189 e. The van der Waals surface area contributed by atoms with Crippen molar-refractivity contribution in [2.75, 3.05) is 14.1 Å². The predicted octanol–water partition coefficient (Wildman–Crippen LogP) is 2.47. The number of aromatic hydroxyl groups is 1. The third-order valence-corrected chi connectivity index (χ3v) is 2.91. The van der Waals surface area contributed by atoms with E-state index in [0.717, 1.165) is 0 Å². The summed E-state index contributed by atoms with van der Waals surface area (Å²) in [5.74, 6) is -0.0661. The zero-order chi connectivity index (χ0) is 13.0. The van der Waals surface area contributed by atoms with Gasteiger partial charge in [0.05, 0.1) is 11.2 Å². The first-order valence-corrected chi connectivity index (χ1v) is 5.79. The first-order chi connectivity index (χ1) is 7.95. The molecule has 0 aromatic heterocycles. The van der Waals surface area contributed by atoms with Crippen LogP contribution in [0.2, 0.25) is 10.0 Å². The number of hydrogen-bond acceptors (Lipinski definition) is 3. The monoisotopic (exact) mass is 291 g/mol. The summed E-state index contributed by atoms with van der Waals surface area (Å²) in [7, 11) is 3.38. The number of rotatable bonds is 2. The molecule has 0 radical (unpaired) electrons. The molecule has 0 fully saturated rings. The van der Waals surface area contributed by atoms with Gasteiger partial charge in [0.2, 0.25) is 0 Å². The van der Waals surface area contributed by atoms with Crippen LogP contribution in [0.4, 0.5) is 0 Å². The number of benzene rings is 1. The van der Waals surface area contributed by atoms with E-state index in [2.05, 4.69) is 10.4 Å². The van der Waals surface area contributed by atoms with Gasteiger partial charge in [0.15, 0.2) is 5.11 Å². The highest BCUT2D eigenvalue weighted by atomic mass is 35.5. The van der Waals surface area contributed by atoms with E-state index in [9.17, 15) is 5.11 Å². The highest BCUT2D eigenvalue weighted by molar-refractivity contribution is 7.80. The average molecular weight is 292 g/mol. The molecule has 7 heteroatoms. The number of phenols is 1. The van der Waals surface area contributed by atoms with Gasteiger partial charge in [-0.15, -0.1) is 0 Å². The normalized spacial score (nSPS) is 10.6. The lowest BCUT2D eigenvalue weighted by atomic mass is 10.2. The molecule has 0 amide bonds. The van der Waals surface area contributed by atoms with E-state index in [4.69, 9.17) is 35.4 Å². The molecule has 0 aliphatic heterocycles. The largest absolute Gasteiger partial charge is 0.506 e. The fraction of sp³-hybridized carbons (Fsp3) is 0.200. The van der Waals surface area contributed by atoms with Gasteiger partial charge in [-0.25, -0.2) is 5.01 Å². The Morgan fingerprint density at radius 1 is 1.53 bits per heavy atom. The zero-order valence-electron chi connectivity index (χ0n) is 9.24. The van der Waals surface area contributed by atoms with Crippen LogP contribution in [0.5, 0.6) is 5.75 Å². The summed E-state index contributed by atoms with van der Waals surface area (Å²) >= 11 is 16.6. The van der Waals surface area contributed by atoms with Crippen molar-refractivity contribution < 1.29 is 5.11 Å². The maximum atomic E-state index is 9.68. The highest BCUT2D eigenvalue weighted by Crippen LogP contribution is 2.29. The van der Waals surface area contributed by atoms with E-state index < -0.39 is 0 Å². The number of hydrogen-bond donors (Lipinski definition) is 2. The summed E-state index contributed by atoms with van der Waals surface area (Å²) in [5, 5.41) is 19.0. The first-order valence-electron chi connectivity index (χ1n) is 4.63. The van der Waals surface area contributed by atoms with E-state index in [0.29, 0.717) is 15.7 Å². The summed E-state index contributed by atoms with van der Waals surface area (Å²) in [6.45, 7) is 0. The zero-order valence-corrected chi connectivity index (χ0v) is 11.6. The molecule has 0 saturated heterocycles. The molecule has 0 spiro atoms. The Hall–Kier alpha value is -1.04. The minimum absolute atomic E-state index is 0.0661. The van der Waals surface area contributed by atoms with Gasteiger partial charge in [-0.05, 0) is 24.4 Å². The quantitative estimate of drug-likeness (QED) is 0.499. The second-order valence-electron chi connectivity index (χ2n) is 3.15. The summed E-state index contributed by atoms with van der Waals surface area (Å²) in [4.78, 5) is 0. The van der Waals surface area contributed by atoms with Crippen LogP contribution >= 0.6 is 35.4 Å². The summed E-state index contributed by atoms with van der Waals surface area (Å²) in [6.07, 6.45) is 1.43. The Labute approximate surface area is 115 Å². The predicted molar refractivity (Wildman–Crippen MR) is 75.1 cm³/mol. The number of thiocarbonyl (C=S) groups is 1. The van der Waals surface area contributed by atoms with Crippen LogP contribution in [0.15, 0.2) is 17.2 Å². The molecule has 0 saturated carbocycles. The Kier molecular flexibility index (Phi) is 4.99. The second-order valence-corrected chi connectivity index (χ2v) is 4.38. The van der Waals surface area contributed by atoms with Crippen LogP contribution in [-0.4, -0.2) is 35.5 Å². The van der Waals surface area contributed by atoms with Gasteiger partial charge < -0.3 is 10.4 Å². The molecule has 0 aliphatic rings. The smallest absolute Gasteiger partial charge is 0.189 e. The summed E-state index contributed by atoms with van der Waals surface area (Å²) in [6, 6.07) is 3.01. The molecular weight excluding hydrogens is 281 g/mol. The van der Waals surface area contributed by atoms with Gasteiger partial charge in [-0.2, -0.15) is 5.10 Å². The number of nitrogens with one attached hydrogen (secondary N) is 1. The number of nitrogens with zero attached hydrogens (tertiary/aromatic N) is 2. The molecule has 92 valence electrons. The van der Waals surface area contributed by atoms with Crippen molar-refractivity contribution >= 4 is 46.7 Å². The van der Waals surface area contributed by atoms with Crippen LogP contribution in [0, 0.1) is 0 Å². The molecule has 0 heterocycles. The van der Waals surface area contributed by atoms with Gasteiger partial charge in [-0.1, -0.05) is 23.2 Å². The lowest BCUT2D eigenvalue weighted by Crippen LogP contribution is -2.30.